The van der Waals surface area contributed by atoms with Crippen molar-refractivity contribution >= 4 is 46.5 Å². The van der Waals surface area contributed by atoms with E-state index in [9.17, 15) is 19.2 Å². The summed E-state index contributed by atoms with van der Waals surface area (Å²) in [5, 5.41) is 10.9. The third kappa shape index (κ3) is 4.64. The van der Waals surface area contributed by atoms with Gasteiger partial charge in [-0.25, -0.2) is 0 Å². The Hall–Kier alpha value is -4.47. The molecule has 2 heterocycles. The predicted molar refractivity (Wildman–Crippen MR) is 120 cm³/mol. The van der Waals surface area contributed by atoms with Crippen LogP contribution in [0.1, 0.15) is 24.8 Å². The quantitative estimate of drug-likeness (QED) is 0.419. The van der Waals surface area contributed by atoms with Crippen molar-refractivity contribution in [2.24, 2.45) is 0 Å². The summed E-state index contributed by atoms with van der Waals surface area (Å²) in [4.78, 5) is 55.9. The van der Waals surface area contributed by atoms with Crippen LogP contribution in [0.5, 0.6) is 0 Å². The summed E-state index contributed by atoms with van der Waals surface area (Å²) in [6, 6.07) is 15.6. The van der Waals surface area contributed by atoms with Crippen LogP contribution >= 0.6 is 0 Å². The molecule has 3 amide bonds. The molecule has 0 bridgehead atoms. The Morgan fingerprint density at radius 3 is 2.25 bits per heavy atom. The molecule has 10 nitrogen and oxygen atoms in total. The lowest BCUT2D eigenvalue weighted by Crippen LogP contribution is -2.36. The number of benzene rings is 2. The maximum atomic E-state index is 12.9. The van der Waals surface area contributed by atoms with Crippen LogP contribution in [-0.4, -0.2) is 27.7 Å². The zero-order valence-corrected chi connectivity index (χ0v) is 17.1. The Kier molecular flexibility index (Phi) is 5.67. The van der Waals surface area contributed by atoms with Gasteiger partial charge in [0.1, 0.15) is 5.82 Å². The van der Waals surface area contributed by atoms with Gasteiger partial charge in [-0.1, -0.05) is 18.2 Å². The summed E-state index contributed by atoms with van der Waals surface area (Å²) in [6.07, 6.45) is -0.182. The Balaban J connectivity index is 1.57. The molecule has 10 heteroatoms. The van der Waals surface area contributed by atoms with Gasteiger partial charge < -0.3 is 21.3 Å². The van der Waals surface area contributed by atoms with Crippen molar-refractivity contribution < 1.29 is 14.4 Å². The number of aromatic amines is 1. The summed E-state index contributed by atoms with van der Waals surface area (Å²) in [5.74, 6) is -1.94. The number of anilines is 5. The SMILES string of the molecule is CC(=O)Nc1ccc(NC(=O)C2CC(=O)Nc3nc(Nc4ccccc4)[nH]c(=O)c32)cc1. The van der Waals surface area contributed by atoms with Crippen molar-refractivity contribution in [3.63, 3.8) is 0 Å². The number of fused-ring (bicyclic) bond motifs is 1. The van der Waals surface area contributed by atoms with Crippen LogP contribution in [0, 0.1) is 0 Å². The number of rotatable bonds is 5. The highest BCUT2D eigenvalue weighted by atomic mass is 16.2. The van der Waals surface area contributed by atoms with E-state index in [2.05, 4.69) is 31.2 Å². The van der Waals surface area contributed by atoms with Crippen LogP contribution in [0.4, 0.5) is 28.8 Å². The van der Waals surface area contributed by atoms with Crippen LogP contribution in [0.2, 0.25) is 0 Å². The second-order valence-electron chi connectivity index (χ2n) is 7.22. The van der Waals surface area contributed by atoms with E-state index in [0.29, 0.717) is 17.1 Å². The number of para-hydroxylation sites is 1. The molecule has 1 aliphatic heterocycles. The van der Waals surface area contributed by atoms with Gasteiger partial charge in [0, 0.05) is 30.4 Å². The van der Waals surface area contributed by atoms with Gasteiger partial charge in [-0.2, -0.15) is 4.98 Å². The standard InChI is InChI=1S/C22H20N6O4/c1-12(29)23-14-7-9-15(10-8-14)24-20(31)16-11-17(30)26-19-18(16)21(32)28-22(27-19)25-13-5-3-2-4-6-13/h2-10,16H,11H2,1H3,(H,23,29)(H,24,31)(H3,25,26,27,28,30,32). The highest BCUT2D eigenvalue weighted by molar-refractivity contribution is 6.04. The maximum Gasteiger partial charge on any atom is 0.258 e. The van der Waals surface area contributed by atoms with Gasteiger partial charge in [0.15, 0.2) is 0 Å². The average Bonchev–Trinajstić information content (AvgIpc) is 2.74. The normalized spacial score (nSPS) is 14.7. The summed E-state index contributed by atoms with van der Waals surface area (Å²) < 4.78 is 0. The molecule has 32 heavy (non-hydrogen) atoms. The van der Waals surface area contributed by atoms with Crippen LogP contribution in [-0.2, 0) is 14.4 Å². The van der Waals surface area contributed by atoms with Gasteiger partial charge in [0.05, 0.1) is 11.5 Å². The molecule has 1 aliphatic rings. The second kappa shape index (κ2) is 8.72. The summed E-state index contributed by atoms with van der Waals surface area (Å²) in [5.41, 5.74) is 1.32. The number of amides is 3. The zero-order chi connectivity index (χ0) is 22.7. The van der Waals surface area contributed by atoms with E-state index in [1.165, 1.54) is 6.92 Å². The Labute approximate surface area is 182 Å². The first-order valence-corrected chi connectivity index (χ1v) is 9.83. The van der Waals surface area contributed by atoms with Gasteiger partial charge in [0.2, 0.25) is 23.7 Å². The smallest absolute Gasteiger partial charge is 0.258 e. The molecule has 0 saturated heterocycles. The van der Waals surface area contributed by atoms with Crippen molar-refractivity contribution in [2.75, 3.05) is 21.3 Å². The lowest BCUT2D eigenvalue weighted by atomic mass is 9.92. The minimum atomic E-state index is -1.00. The molecule has 3 aromatic rings. The first-order chi connectivity index (χ1) is 15.4. The fraction of sp³-hybridized carbons (Fsp3) is 0.136. The Morgan fingerprint density at radius 2 is 1.59 bits per heavy atom. The van der Waals surface area contributed by atoms with E-state index in [1.807, 2.05) is 18.2 Å². The summed E-state index contributed by atoms with van der Waals surface area (Å²) >= 11 is 0. The molecule has 2 aromatic carbocycles. The first kappa shape index (κ1) is 20.8. The number of hydrogen-bond acceptors (Lipinski definition) is 6. The van der Waals surface area contributed by atoms with E-state index in [4.69, 9.17) is 0 Å². The van der Waals surface area contributed by atoms with Gasteiger partial charge in [-0.15, -0.1) is 0 Å². The Bertz CT molecular complexity index is 1240. The molecule has 4 rings (SSSR count). The van der Waals surface area contributed by atoms with E-state index >= 15 is 0 Å². The average molecular weight is 432 g/mol. The molecular formula is C22H20N6O4. The van der Waals surface area contributed by atoms with Crippen molar-refractivity contribution in [3.8, 4) is 0 Å². The third-order valence-corrected chi connectivity index (χ3v) is 4.78. The summed E-state index contributed by atoms with van der Waals surface area (Å²) in [6.45, 7) is 1.40. The topological polar surface area (TPSA) is 145 Å². The van der Waals surface area contributed by atoms with Crippen molar-refractivity contribution in [3.05, 3.63) is 70.5 Å². The highest BCUT2D eigenvalue weighted by Gasteiger charge is 2.34. The van der Waals surface area contributed by atoms with Crippen LogP contribution in [0.25, 0.3) is 0 Å². The highest BCUT2D eigenvalue weighted by Crippen LogP contribution is 2.30. The fourth-order valence-electron chi connectivity index (χ4n) is 3.38. The number of aromatic nitrogens is 2. The van der Waals surface area contributed by atoms with Crippen LogP contribution in [0.3, 0.4) is 0 Å². The van der Waals surface area contributed by atoms with E-state index in [1.54, 1.807) is 36.4 Å². The summed E-state index contributed by atoms with van der Waals surface area (Å²) in [7, 11) is 0. The van der Waals surface area contributed by atoms with Crippen molar-refractivity contribution in [1.29, 1.82) is 0 Å². The number of H-pyrrole nitrogens is 1. The molecule has 0 saturated carbocycles. The van der Waals surface area contributed by atoms with Crippen molar-refractivity contribution in [2.45, 2.75) is 19.3 Å². The number of nitrogens with one attached hydrogen (secondary N) is 5. The molecule has 0 radical (unpaired) electrons. The van der Waals surface area contributed by atoms with E-state index in [-0.39, 0.29) is 29.7 Å². The van der Waals surface area contributed by atoms with Crippen LogP contribution < -0.4 is 26.8 Å². The maximum absolute atomic E-state index is 12.9. The minimum absolute atomic E-state index is 0.0459. The lowest BCUT2D eigenvalue weighted by Gasteiger charge is -2.23. The molecule has 162 valence electrons. The molecule has 1 aromatic heterocycles. The number of nitrogens with zero attached hydrogens (tertiary/aromatic N) is 1. The van der Waals surface area contributed by atoms with Gasteiger partial charge in [-0.3, -0.25) is 24.2 Å². The zero-order valence-electron chi connectivity index (χ0n) is 17.1. The monoisotopic (exact) mass is 432 g/mol. The van der Waals surface area contributed by atoms with Crippen molar-refractivity contribution in [1.82, 2.24) is 9.97 Å². The molecule has 1 atom stereocenters. The lowest BCUT2D eigenvalue weighted by molar-refractivity contribution is -0.123. The van der Waals surface area contributed by atoms with Gasteiger partial charge >= 0.3 is 0 Å². The molecular weight excluding hydrogens is 412 g/mol. The number of carbonyl (C=O) groups is 3. The number of carbonyl (C=O) groups excluding carboxylic acids is 3. The largest absolute Gasteiger partial charge is 0.326 e. The Morgan fingerprint density at radius 1 is 0.938 bits per heavy atom. The molecule has 5 N–H and O–H groups in total. The molecule has 1 unspecified atom stereocenters. The third-order valence-electron chi connectivity index (χ3n) is 4.78. The molecule has 0 fully saturated rings. The van der Waals surface area contributed by atoms with Crippen LogP contribution in [0.15, 0.2) is 59.4 Å². The molecule has 0 spiro atoms. The fourth-order valence-corrected chi connectivity index (χ4v) is 3.38. The first-order valence-electron chi connectivity index (χ1n) is 9.83. The van der Waals surface area contributed by atoms with Gasteiger partial charge in [-0.05, 0) is 36.4 Å². The molecule has 0 aliphatic carbocycles. The number of hydrogen-bond donors (Lipinski definition) is 5. The van der Waals surface area contributed by atoms with E-state index < -0.39 is 23.3 Å². The predicted octanol–water partition coefficient (Wildman–Crippen LogP) is 2.54. The minimum Gasteiger partial charge on any atom is -0.326 e. The second-order valence-corrected chi connectivity index (χ2v) is 7.22. The van der Waals surface area contributed by atoms with E-state index in [0.717, 1.165) is 0 Å². The van der Waals surface area contributed by atoms with Gasteiger partial charge in [0.25, 0.3) is 5.56 Å².